The highest BCUT2D eigenvalue weighted by atomic mass is 15.2. The fourth-order valence-electron chi connectivity index (χ4n) is 2.88. The van der Waals surface area contributed by atoms with Crippen LogP contribution in [-0.2, 0) is 0 Å². The van der Waals surface area contributed by atoms with E-state index in [0.29, 0.717) is 6.04 Å². The molecule has 0 saturated carbocycles. The number of fused-ring (bicyclic) bond motifs is 1. The fourth-order valence-corrected chi connectivity index (χ4v) is 2.88. The van der Waals surface area contributed by atoms with Gasteiger partial charge in [-0.3, -0.25) is 0 Å². The van der Waals surface area contributed by atoms with Gasteiger partial charge in [-0.25, -0.2) is 4.98 Å². The Bertz CT molecular complexity index is 560. The van der Waals surface area contributed by atoms with E-state index >= 15 is 0 Å². The minimum absolute atomic E-state index is 0.660. The summed E-state index contributed by atoms with van der Waals surface area (Å²) in [4.78, 5) is 10.2. The molecule has 102 valence electrons. The second kappa shape index (κ2) is 5.21. The summed E-state index contributed by atoms with van der Waals surface area (Å²) in [7, 11) is 2.23. The Morgan fingerprint density at radius 2 is 2.32 bits per heavy atom. The molecule has 0 aliphatic carbocycles. The topological polar surface area (TPSA) is 44.0 Å². The van der Waals surface area contributed by atoms with Crippen molar-refractivity contribution in [2.75, 3.05) is 25.5 Å². The number of aryl methyl sites for hydroxylation is 1. The van der Waals surface area contributed by atoms with Crippen molar-refractivity contribution in [1.82, 2.24) is 14.9 Å². The Morgan fingerprint density at radius 3 is 3.16 bits per heavy atom. The summed E-state index contributed by atoms with van der Waals surface area (Å²) in [6.45, 7) is 4.24. The summed E-state index contributed by atoms with van der Waals surface area (Å²) in [6, 6.07) is 7.00. The number of aromatic amines is 1. The van der Waals surface area contributed by atoms with E-state index in [1.165, 1.54) is 31.5 Å². The molecule has 1 fully saturated rings. The third kappa shape index (κ3) is 2.73. The molecular formula is C15H22N4. The second-order valence-electron chi connectivity index (χ2n) is 5.57. The molecule has 2 aromatic rings. The smallest absolute Gasteiger partial charge is 0.104 e. The number of nitrogens with one attached hydrogen (secondary N) is 2. The lowest BCUT2D eigenvalue weighted by molar-refractivity contribution is 0.194. The first-order valence-electron chi connectivity index (χ1n) is 7.13. The Balaban J connectivity index is 1.67. The van der Waals surface area contributed by atoms with Crippen LogP contribution in [0.1, 0.15) is 25.1 Å². The zero-order chi connectivity index (χ0) is 13.2. The standard InChI is InChI=1S/C15H22N4/c1-11-17-14-7-6-12(9-15(14)18-11)16-10-13-5-3-4-8-19(13)2/h6-7,9,13,16H,3-5,8,10H2,1-2H3,(H,17,18). The van der Waals surface area contributed by atoms with E-state index in [2.05, 4.69) is 45.4 Å². The zero-order valence-electron chi connectivity index (χ0n) is 11.7. The maximum absolute atomic E-state index is 4.42. The third-order valence-electron chi connectivity index (χ3n) is 4.06. The number of anilines is 1. The molecule has 1 aliphatic rings. The van der Waals surface area contributed by atoms with Crippen molar-refractivity contribution in [2.45, 2.75) is 32.2 Å². The molecule has 0 amide bonds. The van der Waals surface area contributed by atoms with E-state index in [1.54, 1.807) is 0 Å². The van der Waals surface area contributed by atoms with Gasteiger partial charge in [0, 0.05) is 18.3 Å². The zero-order valence-corrected chi connectivity index (χ0v) is 11.7. The van der Waals surface area contributed by atoms with Gasteiger partial charge in [-0.1, -0.05) is 6.42 Å². The highest BCUT2D eigenvalue weighted by molar-refractivity contribution is 5.79. The van der Waals surface area contributed by atoms with Crippen molar-refractivity contribution in [1.29, 1.82) is 0 Å². The molecule has 0 spiro atoms. The van der Waals surface area contributed by atoms with E-state index in [1.807, 2.05) is 6.92 Å². The van der Waals surface area contributed by atoms with Gasteiger partial charge in [-0.15, -0.1) is 0 Å². The summed E-state index contributed by atoms with van der Waals surface area (Å²) in [5, 5.41) is 3.56. The number of aromatic nitrogens is 2. The molecule has 3 rings (SSSR count). The van der Waals surface area contributed by atoms with Gasteiger partial charge in [-0.2, -0.15) is 0 Å². The average molecular weight is 258 g/mol. The predicted molar refractivity (Wildman–Crippen MR) is 79.6 cm³/mol. The first-order valence-corrected chi connectivity index (χ1v) is 7.13. The number of hydrogen-bond donors (Lipinski definition) is 2. The van der Waals surface area contributed by atoms with Crippen molar-refractivity contribution >= 4 is 16.7 Å². The van der Waals surface area contributed by atoms with Crippen LogP contribution in [0.25, 0.3) is 11.0 Å². The summed E-state index contributed by atoms with van der Waals surface area (Å²) >= 11 is 0. The number of likely N-dealkylation sites (N-methyl/N-ethyl adjacent to an activating group) is 1. The fraction of sp³-hybridized carbons (Fsp3) is 0.533. The minimum atomic E-state index is 0.660. The second-order valence-corrected chi connectivity index (χ2v) is 5.57. The van der Waals surface area contributed by atoms with Gasteiger partial charge in [0.25, 0.3) is 0 Å². The lowest BCUT2D eigenvalue weighted by Gasteiger charge is -2.32. The van der Waals surface area contributed by atoms with Crippen molar-refractivity contribution in [3.63, 3.8) is 0 Å². The molecule has 1 aromatic heterocycles. The number of H-pyrrole nitrogens is 1. The SMILES string of the molecule is Cc1nc2ccc(NCC3CCCCN3C)cc2[nH]1. The Kier molecular flexibility index (Phi) is 3.42. The number of hydrogen-bond acceptors (Lipinski definition) is 3. The van der Waals surface area contributed by atoms with Gasteiger partial charge in [-0.05, 0) is 51.6 Å². The molecule has 0 bridgehead atoms. The first kappa shape index (κ1) is 12.5. The monoisotopic (exact) mass is 258 g/mol. The van der Waals surface area contributed by atoms with Crippen LogP contribution in [0.3, 0.4) is 0 Å². The summed E-state index contributed by atoms with van der Waals surface area (Å²) < 4.78 is 0. The van der Waals surface area contributed by atoms with E-state index in [9.17, 15) is 0 Å². The number of likely N-dealkylation sites (tertiary alicyclic amines) is 1. The molecule has 19 heavy (non-hydrogen) atoms. The molecule has 4 heteroatoms. The molecule has 1 saturated heterocycles. The average Bonchev–Trinajstić information content (AvgIpc) is 2.77. The highest BCUT2D eigenvalue weighted by Crippen LogP contribution is 2.19. The number of piperidine rings is 1. The van der Waals surface area contributed by atoms with Gasteiger partial charge in [0.05, 0.1) is 11.0 Å². The molecule has 2 heterocycles. The molecule has 0 radical (unpaired) electrons. The molecule has 2 N–H and O–H groups in total. The van der Waals surface area contributed by atoms with E-state index < -0.39 is 0 Å². The normalized spacial score (nSPS) is 20.8. The van der Waals surface area contributed by atoms with Gasteiger partial charge < -0.3 is 15.2 Å². The Hall–Kier alpha value is -1.55. The molecular weight excluding hydrogens is 236 g/mol. The van der Waals surface area contributed by atoms with Crippen LogP contribution in [0.5, 0.6) is 0 Å². The molecule has 1 aromatic carbocycles. The quantitative estimate of drug-likeness (QED) is 0.889. The Labute approximate surface area is 114 Å². The summed E-state index contributed by atoms with van der Waals surface area (Å²) in [5.41, 5.74) is 3.33. The van der Waals surface area contributed by atoms with Crippen LogP contribution >= 0.6 is 0 Å². The van der Waals surface area contributed by atoms with Crippen LogP contribution in [0.4, 0.5) is 5.69 Å². The number of imidazole rings is 1. The maximum atomic E-state index is 4.42. The third-order valence-corrected chi connectivity index (χ3v) is 4.06. The molecule has 1 aliphatic heterocycles. The van der Waals surface area contributed by atoms with Gasteiger partial charge >= 0.3 is 0 Å². The van der Waals surface area contributed by atoms with Gasteiger partial charge in [0.2, 0.25) is 0 Å². The maximum Gasteiger partial charge on any atom is 0.104 e. The number of nitrogens with zero attached hydrogens (tertiary/aromatic N) is 2. The minimum Gasteiger partial charge on any atom is -0.383 e. The predicted octanol–water partition coefficient (Wildman–Crippen LogP) is 2.77. The largest absolute Gasteiger partial charge is 0.383 e. The first-order chi connectivity index (χ1) is 9.22. The van der Waals surface area contributed by atoms with Gasteiger partial charge in [0.1, 0.15) is 5.82 Å². The van der Waals surface area contributed by atoms with Crippen LogP contribution < -0.4 is 5.32 Å². The van der Waals surface area contributed by atoms with Gasteiger partial charge in [0.15, 0.2) is 0 Å². The van der Waals surface area contributed by atoms with Crippen molar-refractivity contribution in [2.24, 2.45) is 0 Å². The lowest BCUT2D eigenvalue weighted by Crippen LogP contribution is -2.40. The van der Waals surface area contributed by atoms with Crippen molar-refractivity contribution < 1.29 is 0 Å². The van der Waals surface area contributed by atoms with E-state index in [0.717, 1.165) is 23.4 Å². The van der Waals surface area contributed by atoms with Crippen LogP contribution in [0.2, 0.25) is 0 Å². The highest BCUT2D eigenvalue weighted by Gasteiger charge is 2.18. The van der Waals surface area contributed by atoms with Crippen molar-refractivity contribution in [3.8, 4) is 0 Å². The summed E-state index contributed by atoms with van der Waals surface area (Å²) in [6.07, 6.45) is 4.00. The van der Waals surface area contributed by atoms with Crippen LogP contribution in [0.15, 0.2) is 18.2 Å². The molecule has 1 unspecified atom stereocenters. The van der Waals surface area contributed by atoms with Crippen molar-refractivity contribution in [3.05, 3.63) is 24.0 Å². The van der Waals surface area contributed by atoms with Crippen LogP contribution in [0, 0.1) is 6.92 Å². The Morgan fingerprint density at radius 1 is 1.42 bits per heavy atom. The molecule has 4 nitrogen and oxygen atoms in total. The van der Waals surface area contributed by atoms with Crippen LogP contribution in [-0.4, -0.2) is 41.0 Å². The number of benzene rings is 1. The van der Waals surface area contributed by atoms with E-state index in [-0.39, 0.29) is 0 Å². The molecule has 1 atom stereocenters. The number of rotatable bonds is 3. The lowest BCUT2D eigenvalue weighted by atomic mass is 10.0. The summed E-state index contributed by atoms with van der Waals surface area (Å²) in [5.74, 6) is 0.971. The van der Waals surface area contributed by atoms with E-state index in [4.69, 9.17) is 0 Å².